The van der Waals surface area contributed by atoms with Crippen LogP contribution in [0.1, 0.15) is 22.1 Å². The summed E-state index contributed by atoms with van der Waals surface area (Å²) in [6.45, 7) is 2.45. The van der Waals surface area contributed by atoms with Crippen LogP contribution in [-0.2, 0) is 4.79 Å². The van der Waals surface area contributed by atoms with Gasteiger partial charge in [-0.05, 0) is 66.0 Å². The summed E-state index contributed by atoms with van der Waals surface area (Å²) in [7, 11) is 1.98. The van der Waals surface area contributed by atoms with Crippen molar-refractivity contribution in [3.8, 4) is 10.4 Å². The Morgan fingerprint density at radius 1 is 0.921 bits per heavy atom. The second kappa shape index (κ2) is 11.2. The zero-order valence-electron chi connectivity index (χ0n) is 21.1. The molecule has 0 bridgehead atoms. The number of thiophene rings is 1. The fraction of sp³-hybridized carbons (Fsp3) is 0.200. The number of nitrogens with zero attached hydrogens (tertiary/aromatic N) is 3. The number of amides is 2. The molecule has 1 atom stereocenters. The highest BCUT2D eigenvalue weighted by molar-refractivity contribution is 7.13. The van der Waals surface area contributed by atoms with Crippen molar-refractivity contribution in [3.05, 3.63) is 101 Å². The van der Waals surface area contributed by atoms with E-state index in [1.165, 1.54) is 12.1 Å². The number of anilines is 3. The Morgan fingerprint density at radius 3 is 2.29 bits per heavy atom. The number of halogens is 1. The van der Waals surface area contributed by atoms with Gasteiger partial charge in [-0.3, -0.25) is 14.5 Å². The van der Waals surface area contributed by atoms with Crippen molar-refractivity contribution in [3.63, 3.8) is 0 Å². The molecular weight excluding hydrogens is 499 g/mol. The number of para-hydroxylation sites is 1. The molecule has 0 radical (unpaired) electrons. The van der Waals surface area contributed by atoms with Gasteiger partial charge in [0, 0.05) is 42.3 Å². The van der Waals surface area contributed by atoms with Crippen LogP contribution in [0.15, 0.2) is 90.3 Å². The highest BCUT2D eigenvalue weighted by Crippen LogP contribution is 2.37. The molecule has 194 valence electrons. The number of likely N-dealkylation sites (N-methyl/N-ethyl adjacent to an activating group) is 1. The number of carbonyl (C=O) groups is 2. The predicted molar refractivity (Wildman–Crippen MR) is 151 cm³/mol. The van der Waals surface area contributed by atoms with E-state index in [9.17, 15) is 9.59 Å². The van der Waals surface area contributed by atoms with Gasteiger partial charge in [0.25, 0.3) is 11.8 Å². The fourth-order valence-corrected chi connectivity index (χ4v) is 5.25. The monoisotopic (exact) mass is 528 g/mol. The standard InChI is InChI=1S/C30H29FN4O2S/c1-33-15-17-34(18-16-33)30(37)28(31)21-9-11-22(12-10-21)29(36)35(24-6-3-2-4-7-24)26-20-23(13-14-25(26)32)27-8-5-19-38-27/h2-14,19-20,28H,15-18,32H2,1H3. The molecule has 2 amide bonds. The SMILES string of the molecule is CN1CCN(C(=O)C(F)c2ccc(C(=O)N(c3ccccc3)c3cc(-c4cccs4)ccc3N)cc2)CC1. The number of nitrogen functional groups attached to an aromatic ring is 1. The molecule has 0 spiro atoms. The van der Waals surface area contributed by atoms with Crippen LogP contribution in [0.25, 0.3) is 10.4 Å². The van der Waals surface area contributed by atoms with Crippen molar-refractivity contribution in [2.45, 2.75) is 6.17 Å². The molecule has 2 N–H and O–H groups in total. The molecule has 1 saturated heterocycles. The minimum Gasteiger partial charge on any atom is -0.397 e. The van der Waals surface area contributed by atoms with E-state index in [-0.39, 0.29) is 11.5 Å². The Balaban J connectivity index is 1.44. The number of piperazine rings is 1. The van der Waals surface area contributed by atoms with E-state index < -0.39 is 12.1 Å². The Kier molecular flexibility index (Phi) is 7.53. The van der Waals surface area contributed by atoms with Crippen LogP contribution < -0.4 is 10.6 Å². The van der Waals surface area contributed by atoms with E-state index in [0.717, 1.165) is 23.5 Å². The number of benzene rings is 3. The summed E-state index contributed by atoms with van der Waals surface area (Å²) in [5, 5.41) is 2.00. The summed E-state index contributed by atoms with van der Waals surface area (Å²) in [6.07, 6.45) is -1.77. The Morgan fingerprint density at radius 2 is 1.63 bits per heavy atom. The Labute approximate surface area is 225 Å². The summed E-state index contributed by atoms with van der Waals surface area (Å²) < 4.78 is 15.1. The molecule has 38 heavy (non-hydrogen) atoms. The molecule has 1 fully saturated rings. The van der Waals surface area contributed by atoms with Gasteiger partial charge in [-0.25, -0.2) is 4.39 Å². The van der Waals surface area contributed by atoms with Crippen LogP contribution in [-0.4, -0.2) is 54.8 Å². The second-order valence-electron chi connectivity index (χ2n) is 9.34. The van der Waals surface area contributed by atoms with Gasteiger partial charge in [-0.2, -0.15) is 0 Å². The summed E-state index contributed by atoms with van der Waals surface area (Å²) in [5.41, 5.74) is 9.61. The van der Waals surface area contributed by atoms with Crippen LogP contribution in [0.2, 0.25) is 0 Å². The van der Waals surface area contributed by atoms with Crippen molar-refractivity contribution >= 4 is 40.2 Å². The third-order valence-electron chi connectivity index (χ3n) is 6.78. The van der Waals surface area contributed by atoms with E-state index in [2.05, 4.69) is 4.90 Å². The molecule has 2 heterocycles. The van der Waals surface area contributed by atoms with Crippen molar-refractivity contribution in [2.24, 2.45) is 0 Å². The Hall–Kier alpha value is -4.01. The maximum absolute atomic E-state index is 15.1. The number of hydrogen-bond acceptors (Lipinski definition) is 5. The molecule has 0 aliphatic carbocycles. The van der Waals surface area contributed by atoms with Crippen LogP contribution in [0.3, 0.4) is 0 Å². The lowest BCUT2D eigenvalue weighted by Gasteiger charge is -2.33. The van der Waals surface area contributed by atoms with Gasteiger partial charge in [0.15, 0.2) is 0 Å². The lowest BCUT2D eigenvalue weighted by Crippen LogP contribution is -2.48. The van der Waals surface area contributed by atoms with Crippen molar-refractivity contribution in [2.75, 3.05) is 43.9 Å². The summed E-state index contributed by atoms with van der Waals surface area (Å²) in [6, 6.07) is 25.1. The lowest BCUT2D eigenvalue weighted by atomic mass is 10.0. The lowest BCUT2D eigenvalue weighted by molar-refractivity contribution is -0.138. The third-order valence-corrected chi connectivity index (χ3v) is 7.70. The van der Waals surface area contributed by atoms with Gasteiger partial charge < -0.3 is 15.5 Å². The van der Waals surface area contributed by atoms with Crippen LogP contribution >= 0.6 is 11.3 Å². The molecule has 0 saturated carbocycles. The van der Waals surface area contributed by atoms with Crippen LogP contribution in [0.5, 0.6) is 0 Å². The van der Waals surface area contributed by atoms with E-state index in [1.54, 1.807) is 39.3 Å². The number of carbonyl (C=O) groups excluding carboxylic acids is 2. The minimum absolute atomic E-state index is 0.232. The van der Waals surface area contributed by atoms with Crippen molar-refractivity contribution in [1.82, 2.24) is 9.80 Å². The van der Waals surface area contributed by atoms with Gasteiger partial charge in [0.1, 0.15) is 0 Å². The maximum Gasteiger partial charge on any atom is 0.262 e. The zero-order valence-corrected chi connectivity index (χ0v) is 21.9. The molecule has 1 aromatic heterocycles. The maximum atomic E-state index is 15.1. The van der Waals surface area contributed by atoms with E-state index >= 15 is 4.39 Å². The molecule has 6 nitrogen and oxygen atoms in total. The number of nitrogens with two attached hydrogens (primary N) is 1. The summed E-state index contributed by atoms with van der Waals surface area (Å²) >= 11 is 1.61. The molecule has 3 aromatic carbocycles. The quantitative estimate of drug-likeness (QED) is 0.323. The number of rotatable bonds is 6. The average molecular weight is 529 g/mol. The fourth-order valence-electron chi connectivity index (χ4n) is 4.53. The van der Waals surface area contributed by atoms with Crippen molar-refractivity contribution < 1.29 is 14.0 Å². The summed E-state index contributed by atoms with van der Waals surface area (Å²) in [5.74, 6) is -0.847. The van der Waals surface area contributed by atoms with Gasteiger partial charge in [0.05, 0.1) is 11.4 Å². The van der Waals surface area contributed by atoms with Gasteiger partial charge >= 0.3 is 0 Å². The first-order valence-corrected chi connectivity index (χ1v) is 13.3. The van der Waals surface area contributed by atoms with E-state index in [4.69, 9.17) is 5.73 Å². The van der Waals surface area contributed by atoms with Crippen LogP contribution in [0, 0.1) is 0 Å². The average Bonchev–Trinajstić information content (AvgIpc) is 3.50. The predicted octanol–water partition coefficient (Wildman–Crippen LogP) is 5.76. The topological polar surface area (TPSA) is 69.9 Å². The molecule has 8 heteroatoms. The van der Waals surface area contributed by atoms with Gasteiger partial charge in [0.2, 0.25) is 6.17 Å². The first-order valence-electron chi connectivity index (χ1n) is 12.5. The van der Waals surface area contributed by atoms with Gasteiger partial charge in [-0.15, -0.1) is 11.3 Å². The largest absolute Gasteiger partial charge is 0.397 e. The Bertz CT molecular complexity index is 1400. The highest BCUT2D eigenvalue weighted by atomic mass is 32.1. The number of alkyl halides is 1. The molecule has 5 rings (SSSR count). The second-order valence-corrected chi connectivity index (χ2v) is 10.3. The smallest absolute Gasteiger partial charge is 0.262 e. The normalized spacial score (nSPS) is 14.7. The molecule has 1 aliphatic heterocycles. The molecule has 1 unspecified atom stereocenters. The zero-order chi connectivity index (χ0) is 26.6. The minimum atomic E-state index is -1.77. The van der Waals surface area contributed by atoms with E-state index in [0.29, 0.717) is 35.7 Å². The first kappa shape index (κ1) is 25.6. The van der Waals surface area contributed by atoms with Crippen LogP contribution in [0.4, 0.5) is 21.5 Å². The highest BCUT2D eigenvalue weighted by Gasteiger charge is 2.28. The van der Waals surface area contributed by atoms with Crippen molar-refractivity contribution in [1.29, 1.82) is 0 Å². The van der Waals surface area contributed by atoms with E-state index in [1.807, 2.05) is 67.0 Å². The number of hydrogen-bond donors (Lipinski definition) is 1. The summed E-state index contributed by atoms with van der Waals surface area (Å²) in [4.78, 5) is 32.9. The molecular formula is C30H29FN4O2S. The van der Waals surface area contributed by atoms with Gasteiger partial charge in [-0.1, -0.05) is 42.5 Å². The third kappa shape index (κ3) is 5.32. The molecule has 4 aromatic rings. The molecule has 1 aliphatic rings. The first-order chi connectivity index (χ1) is 18.4.